The zero-order valence-electron chi connectivity index (χ0n) is 6.87. The van der Waals surface area contributed by atoms with E-state index in [-0.39, 0.29) is 11.7 Å². The number of nitrogens with zero attached hydrogens (tertiary/aromatic N) is 2. The Balaban J connectivity index is 3.15. The molecule has 2 N–H and O–H groups in total. The molecule has 1 aromatic heterocycles. The van der Waals surface area contributed by atoms with E-state index in [1.807, 2.05) is 6.07 Å². The molecule has 1 rings (SSSR count). The number of nitrogens with two attached hydrogens (primary N) is 1. The van der Waals surface area contributed by atoms with Crippen molar-refractivity contribution in [3.8, 4) is 6.07 Å². The summed E-state index contributed by atoms with van der Waals surface area (Å²) in [7, 11) is 0. The summed E-state index contributed by atoms with van der Waals surface area (Å²) in [4.78, 5) is 3.97. The maximum Gasteiger partial charge on any atom is 0.159 e. The molecule has 0 fully saturated rings. The minimum Gasteiger partial charge on any atom is -0.319 e. The molecule has 1 aromatic rings. The topological polar surface area (TPSA) is 62.7 Å². The van der Waals surface area contributed by atoms with Crippen molar-refractivity contribution in [2.24, 2.45) is 5.73 Å². The standard InChI is InChI=1S/C9H8ClN3/c1-2-7(12)8-4-3-6(10)9(5-11)13-8/h2-4,7H,1,12H2/t7-/m0/s1. The average molecular weight is 194 g/mol. The van der Waals surface area contributed by atoms with E-state index in [1.165, 1.54) is 0 Å². The van der Waals surface area contributed by atoms with Gasteiger partial charge in [-0.05, 0) is 12.1 Å². The van der Waals surface area contributed by atoms with Gasteiger partial charge in [0.2, 0.25) is 0 Å². The summed E-state index contributed by atoms with van der Waals surface area (Å²) in [6.07, 6.45) is 1.55. The fourth-order valence-electron chi connectivity index (χ4n) is 0.842. The summed E-state index contributed by atoms with van der Waals surface area (Å²) in [6.45, 7) is 3.53. The van der Waals surface area contributed by atoms with Gasteiger partial charge in [0.15, 0.2) is 5.69 Å². The zero-order chi connectivity index (χ0) is 9.84. The Morgan fingerprint density at radius 2 is 2.38 bits per heavy atom. The maximum atomic E-state index is 8.63. The van der Waals surface area contributed by atoms with Gasteiger partial charge in [0.1, 0.15) is 6.07 Å². The molecule has 13 heavy (non-hydrogen) atoms. The summed E-state index contributed by atoms with van der Waals surface area (Å²) in [5.41, 5.74) is 6.42. The molecular formula is C9H8ClN3. The lowest BCUT2D eigenvalue weighted by molar-refractivity contribution is 0.860. The van der Waals surface area contributed by atoms with Crippen molar-refractivity contribution in [3.05, 3.63) is 41.2 Å². The Bertz CT molecular complexity index is 368. The lowest BCUT2D eigenvalue weighted by Crippen LogP contribution is -2.09. The highest BCUT2D eigenvalue weighted by Gasteiger charge is 2.06. The van der Waals surface area contributed by atoms with Gasteiger partial charge in [-0.3, -0.25) is 0 Å². The van der Waals surface area contributed by atoms with E-state index in [0.717, 1.165) is 0 Å². The smallest absolute Gasteiger partial charge is 0.159 e. The predicted molar refractivity (Wildman–Crippen MR) is 51.1 cm³/mol. The molecule has 3 nitrogen and oxygen atoms in total. The first-order valence-electron chi connectivity index (χ1n) is 3.63. The lowest BCUT2D eigenvalue weighted by atomic mass is 10.2. The number of rotatable bonds is 2. The van der Waals surface area contributed by atoms with Crippen LogP contribution in [0.2, 0.25) is 5.02 Å². The summed E-state index contributed by atoms with van der Waals surface area (Å²) >= 11 is 5.69. The normalized spacial score (nSPS) is 11.8. The molecule has 0 bridgehead atoms. The fraction of sp³-hybridized carbons (Fsp3) is 0.111. The van der Waals surface area contributed by atoms with Crippen LogP contribution in [0.25, 0.3) is 0 Å². The molecule has 66 valence electrons. The Labute approximate surface area is 81.5 Å². The van der Waals surface area contributed by atoms with E-state index in [9.17, 15) is 0 Å². The molecule has 0 saturated heterocycles. The van der Waals surface area contributed by atoms with E-state index < -0.39 is 0 Å². The van der Waals surface area contributed by atoms with E-state index in [4.69, 9.17) is 22.6 Å². The number of aromatic nitrogens is 1. The van der Waals surface area contributed by atoms with Crippen LogP contribution in [-0.4, -0.2) is 4.98 Å². The van der Waals surface area contributed by atoms with E-state index >= 15 is 0 Å². The van der Waals surface area contributed by atoms with Crippen molar-refractivity contribution in [1.29, 1.82) is 5.26 Å². The van der Waals surface area contributed by atoms with Crippen molar-refractivity contribution in [2.45, 2.75) is 6.04 Å². The van der Waals surface area contributed by atoms with Crippen molar-refractivity contribution >= 4 is 11.6 Å². The highest BCUT2D eigenvalue weighted by Crippen LogP contribution is 2.16. The third-order valence-corrected chi connectivity index (χ3v) is 1.87. The van der Waals surface area contributed by atoms with Gasteiger partial charge in [0.05, 0.1) is 16.8 Å². The Hall–Kier alpha value is -1.37. The average Bonchev–Trinajstić information content (AvgIpc) is 2.17. The van der Waals surface area contributed by atoms with Crippen LogP contribution in [0.1, 0.15) is 17.4 Å². The number of halogens is 1. The highest BCUT2D eigenvalue weighted by molar-refractivity contribution is 6.31. The van der Waals surface area contributed by atoms with Gasteiger partial charge < -0.3 is 5.73 Å². The van der Waals surface area contributed by atoms with Crippen LogP contribution in [0.15, 0.2) is 24.8 Å². The first kappa shape index (κ1) is 9.72. The van der Waals surface area contributed by atoms with Crippen LogP contribution < -0.4 is 5.73 Å². The largest absolute Gasteiger partial charge is 0.319 e. The minimum absolute atomic E-state index is 0.191. The molecule has 1 atom stereocenters. The zero-order valence-corrected chi connectivity index (χ0v) is 7.62. The Morgan fingerprint density at radius 3 is 2.92 bits per heavy atom. The highest BCUT2D eigenvalue weighted by atomic mass is 35.5. The van der Waals surface area contributed by atoms with Gasteiger partial charge in [-0.2, -0.15) is 5.26 Å². The molecule has 0 saturated carbocycles. The van der Waals surface area contributed by atoms with Gasteiger partial charge in [0, 0.05) is 0 Å². The van der Waals surface area contributed by atoms with Gasteiger partial charge in [-0.1, -0.05) is 17.7 Å². The second kappa shape index (κ2) is 4.04. The number of hydrogen-bond acceptors (Lipinski definition) is 3. The summed E-state index contributed by atoms with van der Waals surface area (Å²) < 4.78 is 0. The van der Waals surface area contributed by atoms with Gasteiger partial charge in [0.25, 0.3) is 0 Å². The van der Waals surface area contributed by atoms with E-state index in [0.29, 0.717) is 10.7 Å². The van der Waals surface area contributed by atoms with Crippen LogP contribution in [-0.2, 0) is 0 Å². The molecule has 1 heterocycles. The van der Waals surface area contributed by atoms with E-state index in [2.05, 4.69) is 11.6 Å². The van der Waals surface area contributed by atoms with Gasteiger partial charge >= 0.3 is 0 Å². The number of pyridine rings is 1. The van der Waals surface area contributed by atoms with Crippen molar-refractivity contribution < 1.29 is 0 Å². The van der Waals surface area contributed by atoms with E-state index in [1.54, 1.807) is 18.2 Å². The van der Waals surface area contributed by atoms with Crippen molar-refractivity contribution in [3.63, 3.8) is 0 Å². The van der Waals surface area contributed by atoms with Gasteiger partial charge in [-0.15, -0.1) is 6.58 Å². The molecular weight excluding hydrogens is 186 g/mol. The molecule has 0 aliphatic rings. The second-order valence-corrected chi connectivity index (χ2v) is 2.85. The molecule has 0 amide bonds. The Kier molecular flexibility index (Phi) is 3.02. The lowest BCUT2D eigenvalue weighted by Gasteiger charge is -2.05. The molecule has 0 aliphatic carbocycles. The molecule has 4 heteroatoms. The number of hydrogen-bond donors (Lipinski definition) is 1. The SMILES string of the molecule is C=C[C@H](N)c1ccc(Cl)c(C#N)n1. The van der Waals surface area contributed by atoms with Crippen molar-refractivity contribution in [2.75, 3.05) is 0 Å². The predicted octanol–water partition coefficient (Wildman–Crippen LogP) is 1.79. The third-order valence-electron chi connectivity index (χ3n) is 1.57. The van der Waals surface area contributed by atoms with Crippen molar-refractivity contribution in [1.82, 2.24) is 4.98 Å². The summed E-state index contributed by atoms with van der Waals surface area (Å²) in [6, 6.07) is 4.80. The second-order valence-electron chi connectivity index (χ2n) is 2.44. The summed E-state index contributed by atoms with van der Waals surface area (Å²) in [5.74, 6) is 0. The third kappa shape index (κ3) is 2.05. The molecule has 0 radical (unpaired) electrons. The first-order valence-corrected chi connectivity index (χ1v) is 4.01. The monoisotopic (exact) mass is 193 g/mol. The maximum absolute atomic E-state index is 8.63. The van der Waals surface area contributed by atoms with Crippen LogP contribution in [0, 0.1) is 11.3 Å². The molecule has 0 spiro atoms. The minimum atomic E-state index is -0.357. The quantitative estimate of drug-likeness (QED) is 0.729. The Morgan fingerprint density at radius 1 is 1.69 bits per heavy atom. The summed E-state index contributed by atoms with van der Waals surface area (Å²) in [5, 5.41) is 8.97. The van der Waals surface area contributed by atoms with Crippen LogP contribution in [0.5, 0.6) is 0 Å². The molecule has 0 aromatic carbocycles. The molecule has 0 aliphatic heterocycles. The van der Waals surface area contributed by atoms with Crippen LogP contribution in [0.4, 0.5) is 0 Å². The fourth-order valence-corrected chi connectivity index (χ4v) is 0.990. The first-order chi connectivity index (χ1) is 6.19. The number of nitriles is 1. The molecule has 0 unspecified atom stereocenters. The van der Waals surface area contributed by atoms with Gasteiger partial charge in [-0.25, -0.2) is 4.98 Å². The van der Waals surface area contributed by atoms with Crippen LogP contribution in [0.3, 0.4) is 0 Å². The van der Waals surface area contributed by atoms with Crippen LogP contribution >= 0.6 is 11.6 Å².